The number of rotatable bonds is 6. The van der Waals surface area contributed by atoms with Gasteiger partial charge in [-0.15, -0.1) is 0 Å². The number of amides is 1. The maximum atomic E-state index is 12.7. The minimum Gasteiger partial charge on any atom is -0.475 e. The van der Waals surface area contributed by atoms with E-state index in [0.717, 1.165) is 36.3 Å². The number of hydrogen-bond acceptors (Lipinski definition) is 4. The SMILES string of the molecule is O=C(Nc1ccccc1-c1ccccc1)c1ccc(OC[C@@H]2CCCO2)nc1. The third kappa shape index (κ3) is 4.38. The molecule has 1 aromatic heterocycles. The highest BCUT2D eigenvalue weighted by molar-refractivity contribution is 6.06. The zero-order valence-corrected chi connectivity index (χ0v) is 15.5. The van der Waals surface area contributed by atoms with Crippen LogP contribution in [-0.2, 0) is 4.74 Å². The molecule has 3 aromatic rings. The first-order valence-corrected chi connectivity index (χ1v) is 9.46. The lowest BCUT2D eigenvalue weighted by molar-refractivity contribution is 0.0663. The van der Waals surface area contributed by atoms with Gasteiger partial charge in [-0.1, -0.05) is 48.5 Å². The van der Waals surface area contributed by atoms with Gasteiger partial charge in [0.2, 0.25) is 5.88 Å². The lowest BCUT2D eigenvalue weighted by Crippen LogP contribution is -2.17. The summed E-state index contributed by atoms with van der Waals surface area (Å²) in [6.07, 6.45) is 3.76. The van der Waals surface area contributed by atoms with E-state index in [1.165, 1.54) is 6.20 Å². The van der Waals surface area contributed by atoms with Crippen LogP contribution in [0.4, 0.5) is 5.69 Å². The van der Waals surface area contributed by atoms with Crippen LogP contribution in [0, 0.1) is 0 Å². The molecule has 1 fully saturated rings. The molecule has 5 nitrogen and oxygen atoms in total. The van der Waals surface area contributed by atoms with E-state index in [0.29, 0.717) is 18.1 Å². The van der Waals surface area contributed by atoms with Gasteiger partial charge in [-0.05, 0) is 30.5 Å². The number of aromatic nitrogens is 1. The van der Waals surface area contributed by atoms with Crippen LogP contribution in [0.1, 0.15) is 23.2 Å². The predicted octanol–water partition coefficient (Wildman–Crippen LogP) is 4.56. The minimum absolute atomic E-state index is 0.138. The zero-order chi connectivity index (χ0) is 19.2. The first-order valence-electron chi connectivity index (χ1n) is 9.46. The van der Waals surface area contributed by atoms with Gasteiger partial charge in [0.1, 0.15) is 6.61 Å². The second-order valence-electron chi connectivity index (χ2n) is 6.70. The normalized spacial score (nSPS) is 15.9. The van der Waals surface area contributed by atoms with Crippen molar-refractivity contribution in [2.24, 2.45) is 0 Å². The molecule has 0 saturated carbocycles. The molecular formula is C23H22N2O3. The number of para-hydroxylation sites is 1. The Hall–Kier alpha value is -3.18. The van der Waals surface area contributed by atoms with Crippen molar-refractivity contribution in [1.82, 2.24) is 4.98 Å². The smallest absolute Gasteiger partial charge is 0.257 e. The fourth-order valence-corrected chi connectivity index (χ4v) is 3.21. The Morgan fingerprint density at radius 3 is 2.64 bits per heavy atom. The molecule has 2 heterocycles. The first kappa shape index (κ1) is 18.2. The molecule has 0 bridgehead atoms. The number of ether oxygens (including phenoxy) is 2. The predicted molar refractivity (Wildman–Crippen MR) is 109 cm³/mol. The fourth-order valence-electron chi connectivity index (χ4n) is 3.21. The number of anilines is 1. The van der Waals surface area contributed by atoms with Gasteiger partial charge >= 0.3 is 0 Å². The average molecular weight is 374 g/mol. The maximum absolute atomic E-state index is 12.7. The molecule has 0 radical (unpaired) electrons. The van der Waals surface area contributed by atoms with Crippen LogP contribution < -0.4 is 10.1 Å². The number of hydrogen-bond donors (Lipinski definition) is 1. The van der Waals surface area contributed by atoms with E-state index in [-0.39, 0.29) is 12.0 Å². The molecule has 1 saturated heterocycles. The lowest BCUT2D eigenvalue weighted by Gasteiger charge is -2.12. The highest BCUT2D eigenvalue weighted by atomic mass is 16.5. The summed E-state index contributed by atoms with van der Waals surface area (Å²) >= 11 is 0. The van der Waals surface area contributed by atoms with Crippen molar-refractivity contribution in [2.75, 3.05) is 18.5 Å². The molecule has 142 valence electrons. The van der Waals surface area contributed by atoms with Crippen molar-refractivity contribution in [3.8, 4) is 17.0 Å². The summed E-state index contributed by atoms with van der Waals surface area (Å²) < 4.78 is 11.2. The number of pyridine rings is 1. The molecule has 28 heavy (non-hydrogen) atoms. The summed E-state index contributed by atoms with van der Waals surface area (Å²) in [5.74, 6) is 0.290. The highest BCUT2D eigenvalue weighted by Gasteiger charge is 2.16. The van der Waals surface area contributed by atoms with Crippen molar-refractivity contribution in [2.45, 2.75) is 18.9 Å². The van der Waals surface area contributed by atoms with E-state index in [1.54, 1.807) is 12.1 Å². The average Bonchev–Trinajstić information content (AvgIpc) is 3.27. The number of carbonyl (C=O) groups excluding carboxylic acids is 1. The molecule has 5 heteroatoms. The summed E-state index contributed by atoms with van der Waals surface area (Å²) in [5, 5.41) is 2.98. The van der Waals surface area contributed by atoms with E-state index < -0.39 is 0 Å². The standard InChI is InChI=1S/C23H22N2O3/c26-23(18-12-13-22(24-15-18)28-16-19-9-6-14-27-19)25-21-11-5-4-10-20(21)17-7-2-1-3-8-17/h1-5,7-8,10-13,15,19H,6,9,14,16H2,(H,25,26)/t19-/m0/s1. The number of nitrogens with zero attached hydrogens (tertiary/aromatic N) is 1. The quantitative estimate of drug-likeness (QED) is 0.687. The van der Waals surface area contributed by atoms with Crippen molar-refractivity contribution in [3.63, 3.8) is 0 Å². The first-order chi connectivity index (χ1) is 13.8. The topological polar surface area (TPSA) is 60.5 Å². The van der Waals surface area contributed by atoms with Gasteiger partial charge < -0.3 is 14.8 Å². The molecule has 0 aliphatic carbocycles. The van der Waals surface area contributed by atoms with Crippen LogP contribution in [0.3, 0.4) is 0 Å². The molecule has 2 aromatic carbocycles. The molecule has 4 rings (SSSR count). The van der Waals surface area contributed by atoms with Crippen LogP contribution in [0.15, 0.2) is 72.9 Å². The minimum atomic E-state index is -0.207. The van der Waals surface area contributed by atoms with E-state index in [9.17, 15) is 4.79 Å². The van der Waals surface area contributed by atoms with Gasteiger partial charge in [0.25, 0.3) is 5.91 Å². The molecule has 1 aliphatic heterocycles. The van der Waals surface area contributed by atoms with Gasteiger partial charge in [0.15, 0.2) is 0 Å². The monoisotopic (exact) mass is 374 g/mol. The van der Waals surface area contributed by atoms with Gasteiger partial charge in [-0.2, -0.15) is 0 Å². The summed E-state index contributed by atoms with van der Waals surface area (Å²) in [7, 11) is 0. The Bertz CT molecular complexity index is 920. The maximum Gasteiger partial charge on any atom is 0.257 e. The Morgan fingerprint density at radius 1 is 1.07 bits per heavy atom. The zero-order valence-electron chi connectivity index (χ0n) is 15.5. The Labute approximate surface area is 164 Å². The number of carbonyl (C=O) groups is 1. The molecule has 0 spiro atoms. The van der Waals surface area contributed by atoms with Crippen molar-refractivity contribution in [3.05, 3.63) is 78.5 Å². The highest BCUT2D eigenvalue weighted by Crippen LogP contribution is 2.28. The molecule has 1 N–H and O–H groups in total. The molecule has 1 aliphatic rings. The van der Waals surface area contributed by atoms with Gasteiger partial charge in [-0.3, -0.25) is 4.79 Å². The third-order valence-electron chi connectivity index (χ3n) is 4.70. The van der Waals surface area contributed by atoms with Crippen LogP contribution in [0.2, 0.25) is 0 Å². The van der Waals surface area contributed by atoms with Crippen LogP contribution in [0.5, 0.6) is 5.88 Å². The van der Waals surface area contributed by atoms with E-state index >= 15 is 0 Å². The largest absolute Gasteiger partial charge is 0.475 e. The van der Waals surface area contributed by atoms with E-state index in [4.69, 9.17) is 9.47 Å². The molecular weight excluding hydrogens is 352 g/mol. The van der Waals surface area contributed by atoms with E-state index in [2.05, 4.69) is 10.3 Å². The fraction of sp³-hybridized carbons (Fsp3) is 0.217. The van der Waals surface area contributed by atoms with Crippen LogP contribution >= 0.6 is 0 Å². The third-order valence-corrected chi connectivity index (χ3v) is 4.70. The van der Waals surface area contributed by atoms with Crippen LogP contribution in [0.25, 0.3) is 11.1 Å². The Kier molecular flexibility index (Phi) is 5.64. The summed E-state index contributed by atoms with van der Waals surface area (Å²) in [6.45, 7) is 1.29. The number of benzene rings is 2. The van der Waals surface area contributed by atoms with Crippen molar-refractivity contribution in [1.29, 1.82) is 0 Å². The van der Waals surface area contributed by atoms with Crippen LogP contribution in [-0.4, -0.2) is 30.2 Å². The second kappa shape index (κ2) is 8.67. The van der Waals surface area contributed by atoms with Crippen molar-refractivity contribution >= 4 is 11.6 Å². The lowest BCUT2D eigenvalue weighted by atomic mass is 10.0. The summed E-state index contributed by atoms with van der Waals surface area (Å²) in [6, 6.07) is 21.2. The van der Waals surface area contributed by atoms with E-state index in [1.807, 2.05) is 54.6 Å². The summed E-state index contributed by atoms with van der Waals surface area (Å²) in [4.78, 5) is 16.9. The number of nitrogens with one attached hydrogen (secondary N) is 1. The molecule has 1 atom stereocenters. The van der Waals surface area contributed by atoms with Gasteiger partial charge in [0.05, 0.1) is 11.7 Å². The van der Waals surface area contributed by atoms with Gasteiger partial charge in [0, 0.05) is 30.1 Å². The molecule has 1 amide bonds. The second-order valence-corrected chi connectivity index (χ2v) is 6.70. The Balaban J connectivity index is 1.43. The summed E-state index contributed by atoms with van der Waals surface area (Å²) in [5.41, 5.74) is 3.26. The Morgan fingerprint density at radius 2 is 1.89 bits per heavy atom. The van der Waals surface area contributed by atoms with Gasteiger partial charge in [-0.25, -0.2) is 4.98 Å². The molecule has 0 unspecified atom stereocenters. The van der Waals surface area contributed by atoms with Crippen molar-refractivity contribution < 1.29 is 14.3 Å².